The Morgan fingerprint density at radius 1 is 1.30 bits per heavy atom. The minimum Gasteiger partial charge on any atom is -0.508 e. The van der Waals surface area contributed by atoms with E-state index in [0.29, 0.717) is 21.8 Å². The first-order valence-corrected chi connectivity index (χ1v) is 6.23. The largest absolute Gasteiger partial charge is 0.508 e. The average molecular weight is 287 g/mol. The summed E-state index contributed by atoms with van der Waals surface area (Å²) in [7, 11) is 0. The van der Waals surface area contributed by atoms with Crippen molar-refractivity contribution in [2.75, 3.05) is 5.32 Å². The summed E-state index contributed by atoms with van der Waals surface area (Å²) >= 11 is 5.84. The molecule has 2 N–H and O–H groups in total. The third-order valence-corrected chi connectivity index (χ3v) is 2.89. The first-order valence-electron chi connectivity index (χ1n) is 5.86. The first kappa shape index (κ1) is 13.9. The Morgan fingerprint density at radius 3 is 2.80 bits per heavy atom. The fourth-order valence-electron chi connectivity index (χ4n) is 1.76. The predicted octanol–water partition coefficient (Wildman–Crippen LogP) is 3.10. The van der Waals surface area contributed by atoms with Crippen molar-refractivity contribution >= 4 is 23.2 Å². The second-order valence-electron chi connectivity index (χ2n) is 4.20. The van der Waals surface area contributed by atoms with Gasteiger partial charge in [0.15, 0.2) is 0 Å². The van der Waals surface area contributed by atoms with E-state index in [2.05, 4.69) is 5.32 Å². The number of phenols is 1. The summed E-state index contributed by atoms with van der Waals surface area (Å²) < 4.78 is 0. The van der Waals surface area contributed by atoms with Gasteiger partial charge >= 0.3 is 0 Å². The van der Waals surface area contributed by atoms with Gasteiger partial charge in [0.2, 0.25) is 5.91 Å². The molecule has 0 aliphatic heterocycles. The van der Waals surface area contributed by atoms with Crippen molar-refractivity contribution in [3.63, 3.8) is 0 Å². The lowest BCUT2D eigenvalue weighted by molar-refractivity contribution is -0.115. The third kappa shape index (κ3) is 3.50. The Morgan fingerprint density at radius 2 is 2.10 bits per heavy atom. The van der Waals surface area contributed by atoms with E-state index < -0.39 is 0 Å². The molecular weight excluding hydrogens is 276 g/mol. The van der Waals surface area contributed by atoms with Crippen molar-refractivity contribution < 1.29 is 9.90 Å². The smallest absolute Gasteiger partial charge is 0.228 e. The molecule has 0 spiro atoms. The Kier molecular flexibility index (Phi) is 4.24. The van der Waals surface area contributed by atoms with Gasteiger partial charge in [-0.15, -0.1) is 0 Å². The van der Waals surface area contributed by atoms with Gasteiger partial charge in [-0.05, 0) is 35.9 Å². The highest BCUT2D eigenvalue weighted by molar-refractivity contribution is 6.31. The molecule has 0 heterocycles. The molecule has 0 saturated heterocycles. The zero-order valence-electron chi connectivity index (χ0n) is 10.4. The van der Waals surface area contributed by atoms with Crippen molar-refractivity contribution in [2.45, 2.75) is 6.42 Å². The van der Waals surface area contributed by atoms with E-state index in [9.17, 15) is 9.90 Å². The monoisotopic (exact) mass is 286 g/mol. The molecule has 0 fully saturated rings. The van der Waals surface area contributed by atoms with E-state index in [1.165, 1.54) is 18.2 Å². The normalized spacial score (nSPS) is 9.80. The number of nitrogens with one attached hydrogen (secondary N) is 1. The maximum absolute atomic E-state index is 11.9. The zero-order chi connectivity index (χ0) is 14.5. The van der Waals surface area contributed by atoms with Gasteiger partial charge in [0, 0.05) is 5.02 Å². The van der Waals surface area contributed by atoms with Crippen LogP contribution in [-0.4, -0.2) is 11.0 Å². The van der Waals surface area contributed by atoms with Crippen LogP contribution in [0.2, 0.25) is 5.02 Å². The second-order valence-corrected chi connectivity index (χ2v) is 4.63. The van der Waals surface area contributed by atoms with Gasteiger partial charge in [0.05, 0.1) is 17.7 Å². The minimum absolute atomic E-state index is 0.103. The number of halogens is 1. The summed E-state index contributed by atoms with van der Waals surface area (Å²) in [6.07, 6.45) is 0.103. The standard InChI is InChI=1S/C15H11ClN2O2/c16-12-5-4-11(9-17)14(8-12)18-15(20)7-10-2-1-3-13(19)6-10/h1-6,8,19H,7H2,(H,18,20). The van der Waals surface area contributed by atoms with Crippen LogP contribution in [0.15, 0.2) is 42.5 Å². The number of anilines is 1. The Hall–Kier alpha value is -2.51. The van der Waals surface area contributed by atoms with E-state index in [0.717, 1.165) is 0 Å². The lowest BCUT2D eigenvalue weighted by Gasteiger charge is -2.07. The van der Waals surface area contributed by atoms with Gasteiger partial charge in [-0.25, -0.2) is 0 Å². The maximum atomic E-state index is 11.9. The minimum atomic E-state index is -0.283. The van der Waals surface area contributed by atoms with E-state index >= 15 is 0 Å². The van der Waals surface area contributed by atoms with Crippen molar-refractivity contribution in [3.05, 3.63) is 58.6 Å². The van der Waals surface area contributed by atoms with Crippen LogP contribution in [0.1, 0.15) is 11.1 Å². The number of nitriles is 1. The van der Waals surface area contributed by atoms with Gasteiger partial charge in [0.25, 0.3) is 0 Å². The number of amides is 1. The third-order valence-electron chi connectivity index (χ3n) is 2.65. The fraction of sp³-hybridized carbons (Fsp3) is 0.0667. The van der Waals surface area contributed by atoms with E-state index in [1.54, 1.807) is 24.3 Å². The lowest BCUT2D eigenvalue weighted by atomic mass is 10.1. The van der Waals surface area contributed by atoms with Crippen molar-refractivity contribution in [1.82, 2.24) is 0 Å². The highest BCUT2D eigenvalue weighted by atomic mass is 35.5. The van der Waals surface area contributed by atoms with Crippen molar-refractivity contribution in [1.29, 1.82) is 5.26 Å². The number of hydrogen-bond acceptors (Lipinski definition) is 3. The van der Waals surface area contributed by atoms with Crippen LogP contribution in [0.25, 0.3) is 0 Å². The molecule has 0 radical (unpaired) electrons. The van der Waals surface area contributed by atoms with Crippen molar-refractivity contribution in [2.24, 2.45) is 0 Å². The van der Waals surface area contributed by atoms with Crippen LogP contribution < -0.4 is 5.32 Å². The molecule has 1 amide bonds. The number of nitrogens with zero attached hydrogens (tertiary/aromatic N) is 1. The quantitative estimate of drug-likeness (QED) is 0.910. The summed E-state index contributed by atoms with van der Waals surface area (Å²) in [5.74, 6) is -0.176. The number of phenolic OH excluding ortho intramolecular Hbond substituents is 1. The molecule has 4 nitrogen and oxygen atoms in total. The van der Waals surface area contributed by atoms with Gasteiger partial charge < -0.3 is 10.4 Å². The Balaban J connectivity index is 2.13. The summed E-state index contributed by atoms with van der Waals surface area (Å²) in [6, 6.07) is 13.1. The second kappa shape index (κ2) is 6.09. The molecule has 0 unspecified atom stereocenters. The molecule has 0 atom stereocenters. The zero-order valence-corrected chi connectivity index (χ0v) is 11.2. The van der Waals surface area contributed by atoms with Crippen LogP contribution >= 0.6 is 11.6 Å². The summed E-state index contributed by atoms with van der Waals surface area (Å²) in [6.45, 7) is 0. The van der Waals surface area contributed by atoms with Gasteiger partial charge in [-0.3, -0.25) is 4.79 Å². The summed E-state index contributed by atoms with van der Waals surface area (Å²) in [4.78, 5) is 11.9. The van der Waals surface area contributed by atoms with Crippen LogP contribution in [0, 0.1) is 11.3 Å². The molecule has 5 heteroatoms. The fourth-order valence-corrected chi connectivity index (χ4v) is 1.94. The molecule has 0 bridgehead atoms. The predicted molar refractivity (Wildman–Crippen MR) is 76.6 cm³/mol. The molecular formula is C15H11ClN2O2. The van der Waals surface area contributed by atoms with Gasteiger partial charge in [-0.1, -0.05) is 23.7 Å². The van der Waals surface area contributed by atoms with Crippen LogP contribution in [0.5, 0.6) is 5.75 Å². The van der Waals surface area contributed by atoms with Gasteiger partial charge in [0.1, 0.15) is 11.8 Å². The molecule has 100 valence electrons. The topological polar surface area (TPSA) is 73.1 Å². The van der Waals surface area contributed by atoms with Crippen LogP contribution in [0.3, 0.4) is 0 Å². The number of hydrogen-bond donors (Lipinski definition) is 2. The molecule has 0 aromatic heterocycles. The first-order chi connectivity index (χ1) is 9.58. The Labute approximate surface area is 121 Å². The molecule has 0 saturated carbocycles. The highest BCUT2D eigenvalue weighted by Gasteiger charge is 2.08. The van der Waals surface area contributed by atoms with Crippen LogP contribution in [0.4, 0.5) is 5.69 Å². The number of aromatic hydroxyl groups is 1. The van der Waals surface area contributed by atoms with Gasteiger partial charge in [-0.2, -0.15) is 5.26 Å². The van der Waals surface area contributed by atoms with E-state index in [1.807, 2.05) is 6.07 Å². The summed E-state index contributed by atoms with van der Waals surface area (Å²) in [5, 5.41) is 21.4. The molecule has 2 rings (SSSR count). The molecule has 2 aromatic rings. The lowest BCUT2D eigenvalue weighted by Crippen LogP contribution is -2.15. The number of rotatable bonds is 3. The van der Waals surface area contributed by atoms with Crippen molar-refractivity contribution in [3.8, 4) is 11.8 Å². The van der Waals surface area contributed by atoms with E-state index in [4.69, 9.17) is 16.9 Å². The molecule has 2 aromatic carbocycles. The average Bonchev–Trinajstić information content (AvgIpc) is 2.38. The molecule has 20 heavy (non-hydrogen) atoms. The molecule has 0 aliphatic rings. The SMILES string of the molecule is N#Cc1ccc(Cl)cc1NC(=O)Cc1cccc(O)c1. The summed E-state index contributed by atoms with van der Waals surface area (Å²) in [5.41, 5.74) is 1.41. The van der Waals surface area contributed by atoms with Crippen LogP contribution in [-0.2, 0) is 11.2 Å². The maximum Gasteiger partial charge on any atom is 0.228 e. The Bertz CT molecular complexity index is 693. The molecule has 0 aliphatic carbocycles. The van der Waals surface area contributed by atoms with E-state index in [-0.39, 0.29) is 18.1 Å². The number of benzene rings is 2. The number of carbonyl (C=O) groups is 1. The highest BCUT2D eigenvalue weighted by Crippen LogP contribution is 2.21. The number of carbonyl (C=O) groups excluding carboxylic acids is 1.